The van der Waals surface area contributed by atoms with Crippen LogP contribution < -0.4 is 0 Å². The van der Waals surface area contributed by atoms with Gasteiger partial charge in [-0.05, 0) is 26.0 Å². The maximum atomic E-state index is 8.52. The van der Waals surface area contributed by atoms with E-state index in [1.807, 2.05) is 24.3 Å². The second kappa shape index (κ2) is 14.8. The van der Waals surface area contributed by atoms with E-state index in [1.165, 1.54) is 0 Å². The molecule has 0 aliphatic heterocycles. The van der Waals surface area contributed by atoms with Crippen molar-refractivity contribution in [2.75, 3.05) is 41.3 Å². The van der Waals surface area contributed by atoms with E-state index >= 15 is 0 Å². The molecule has 0 aliphatic rings. The smallest absolute Gasteiger partial charge is 0.0969 e. The van der Waals surface area contributed by atoms with Gasteiger partial charge in [0.25, 0.3) is 0 Å². The minimum absolute atomic E-state index is 0.630. The van der Waals surface area contributed by atoms with E-state index < -0.39 is 10.4 Å². The van der Waals surface area contributed by atoms with Crippen LogP contribution in [0, 0.1) is 0 Å². The first kappa shape index (κ1) is 30.5. The summed E-state index contributed by atoms with van der Waals surface area (Å²) in [6, 6.07) is 1.26. The largest absolute Gasteiger partial charge is 0.759 e. The molecular formula is C20H40N2O4S. The summed E-state index contributed by atoms with van der Waals surface area (Å²) in [6.45, 7) is 21.5. The van der Waals surface area contributed by atoms with E-state index in [0.29, 0.717) is 12.1 Å². The monoisotopic (exact) mass is 404 g/mol. The highest BCUT2D eigenvalue weighted by molar-refractivity contribution is 7.79. The normalized spacial score (nSPS) is 13.6. The molecule has 0 aliphatic carbocycles. The van der Waals surface area contributed by atoms with Crippen molar-refractivity contribution in [2.45, 2.75) is 38.8 Å². The Kier molecular flexibility index (Phi) is 16.7. The predicted molar refractivity (Wildman–Crippen MR) is 113 cm³/mol. The van der Waals surface area contributed by atoms with Crippen LogP contribution in [0.25, 0.3) is 0 Å². The number of rotatable bonds is 10. The van der Waals surface area contributed by atoms with Crippen molar-refractivity contribution < 1.29 is 26.5 Å². The van der Waals surface area contributed by atoms with Gasteiger partial charge < -0.3 is 18.1 Å². The average molecular weight is 405 g/mol. The van der Waals surface area contributed by atoms with Crippen molar-refractivity contribution in [1.29, 1.82) is 0 Å². The lowest BCUT2D eigenvalue weighted by Gasteiger charge is -2.34. The van der Waals surface area contributed by atoms with Crippen molar-refractivity contribution in [3.63, 3.8) is 0 Å². The predicted octanol–water partition coefficient (Wildman–Crippen LogP) is 3.09. The summed E-state index contributed by atoms with van der Waals surface area (Å²) >= 11 is 0. The SMILES string of the molecule is C=CCC(C)[N+](C)(C)CC=C.C=CCC(C)[N+](C)(C)CC=C.O=S(=O)([O-])[O-]. The number of quaternary nitrogens is 2. The highest BCUT2D eigenvalue weighted by atomic mass is 32.3. The van der Waals surface area contributed by atoms with Crippen LogP contribution in [-0.4, -0.2) is 79.9 Å². The molecule has 0 aromatic carbocycles. The van der Waals surface area contributed by atoms with Gasteiger partial charge >= 0.3 is 0 Å². The first-order valence-corrected chi connectivity index (χ1v) is 10.2. The average Bonchev–Trinajstić information content (AvgIpc) is 2.46. The van der Waals surface area contributed by atoms with Gasteiger partial charge in [-0.1, -0.05) is 25.3 Å². The van der Waals surface area contributed by atoms with Crippen molar-refractivity contribution in [1.82, 2.24) is 0 Å². The summed E-state index contributed by atoms with van der Waals surface area (Å²) in [6.07, 6.45) is 10.0. The Bertz CT molecular complexity index is 498. The molecule has 2 atom stereocenters. The summed E-state index contributed by atoms with van der Waals surface area (Å²) in [4.78, 5) is 0. The van der Waals surface area contributed by atoms with Crippen LogP contribution in [0.15, 0.2) is 50.6 Å². The Balaban J connectivity index is -0.000000344. The van der Waals surface area contributed by atoms with E-state index in [2.05, 4.69) is 68.4 Å². The Morgan fingerprint density at radius 1 is 0.741 bits per heavy atom. The van der Waals surface area contributed by atoms with E-state index in [0.717, 1.165) is 34.9 Å². The second-order valence-corrected chi connectivity index (χ2v) is 8.47. The molecule has 0 bridgehead atoms. The first-order valence-electron chi connectivity index (χ1n) is 8.84. The number of likely N-dealkylation sites (N-methyl/N-ethyl adjacent to an activating group) is 2. The molecule has 0 heterocycles. The minimum Gasteiger partial charge on any atom is -0.759 e. The summed E-state index contributed by atoms with van der Waals surface area (Å²) in [7, 11) is 3.71. The molecule has 0 saturated carbocycles. The van der Waals surface area contributed by atoms with E-state index in [4.69, 9.17) is 17.5 Å². The fourth-order valence-electron chi connectivity index (χ4n) is 2.08. The molecule has 0 spiro atoms. The number of hydrogen-bond donors (Lipinski definition) is 0. The van der Waals surface area contributed by atoms with Crippen molar-refractivity contribution in [3.8, 4) is 0 Å². The summed E-state index contributed by atoms with van der Waals surface area (Å²) in [5.41, 5.74) is 0. The van der Waals surface area contributed by atoms with Gasteiger partial charge in [0.05, 0.1) is 53.4 Å². The van der Waals surface area contributed by atoms with Crippen molar-refractivity contribution in [3.05, 3.63) is 50.6 Å². The van der Waals surface area contributed by atoms with Gasteiger partial charge in [-0.25, -0.2) is 0 Å². The van der Waals surface area contributed by atoms with Gasteiger partial charge in [-0.15, -0.1) is 13.2 Å². The molecular weight excluding hydrogens is 364 g/mol. The van der Waals surface area contributed by atoms with Crippen LogP contribution in [0.2, 0.25) is 0 Å². The van der Waals surface area contributed by atoms with E-state index in [-0.39, 0.29) is 0 Å². The molecule has 6 nitrogen and oxygen atoms in total. The lowest BCUT2D eigenvalue weighted by Crippen LogP contribution is -2.46. The molecule has 0 radical (unpaired) electrons. The van der Waals surface area contributed by atoms with E-state index in [1.54, 1.807) is 0 Å². The van der Waals surface area contributed by atoms with Gasteiger partial charge in [0.1, 0.15) is 0 Å². The van der Waals surface area contributed by atoms with Crippen LogP contribution >= 0.6 is 0 Å². The second-order valence-electron chi connectivity index (χ2n) is 7.65. The highest BCUT2D eigenvalue weighted by Gasteiger charge is 2.20. The Morgan fingerprint density at radius 3 is 1.11 bits per heavy atom. The van der Waals surface area contributed by atoms with Crippen LogP contribution in [0.5, 0.6) is 0 Å². The minimum atomic E-state index is -5.17. The summed E-state index contributed by atoms with van der Waals surface area (Å²) in [5, 5.41) is 0. The molecule has 2 unspecified atom stereocenters. The standard InChI is InChI=1S/2C10H20N.H2O4S/c2*1-6-8-10(3)11(4,5)9-7-2;1-5(2,3)4/h2*6-7,10H,1-2,8-9H2,3-5H3;(H2,1,2,3,4)/q2*+1;/p-2. The van der Waals surface area contributed by atoms with Crippen LogP contribution in [-0.2, 0) is 10.4 Å². The van der Waals surface area contributed by atoms with Gasteiger partial charge in [0.15, 0.2) is 0 Å². The number of nitrogens with zero attached hydrogens (tertiary/aromatic N) is 2. The van der Waals surface area contributed by atoms with Gasteiger partial charge in [0.2, 0.25) is 0 Å². The van der Waals surface area contributed by atoms with Crippen LogP contribution in [0.4, 0.5) is 0 Å². The zero-order valence-electron chi connectivity index (χ0n) is 18.1. The maximum Gasteiger partial charge on any atom is 0.0969 e. The van der Waals surface area contributed by atoms with Crippen LogP contribution in [0.3, 0.4) is 0 Å². The van der Waals surface area contributed by atoms with Gasteiger partial charge in [-0.2, -0.15) is 0 Å². The fourth-order valence-corrected chi connectivity index (χ4v) is 2.08. The molecule has 27 heavy (non-hydrogen) atoms. The van der Waals surface area contributed by atoms with E-state index in [9.17, 15) is 0 Å². The Hall–Kier alpha value is -1.25. The zero-order chi connectivity index (χ0) is 22.3. The fraction of sp³-hybridized carbons (Fsp3) is 0.600. The molecule has 0 aromatic rings. The maximum absolute atomic E-state index is 8.52. The molecule has 7 heteroatoms. The van der Waals surface area contributed by atoms with Gasteiger partial charge in [0, 0.05) is 23.2 Å². The third-order valence-corrected chi connectivity index (χ3v) is 4.60. The molecule has 0 saturated heterocycles. The molecule has 0 aromatic heterocycles. The zero-order valence-corrected chi connectivity index (χ0v) is 18.9. The van der Waals surface area contributed by atoms with Crippen LogP contribution in [0.1, 0.15) is 26.7 Å². The lowest BCUT2D eigenvalue weighted by molar-refractivity contribution is -0.907. The van der Waals surface area contributed by atoms with Crippen molar-refractivity contribution in [2.24, 2.45) is 0 Å². The lowest BCUT2D eigenvalue weighted by atomic mass is 10.2. The summed E-state index contributed by atoms with van der Waals surface area (Å²) in [5.74, 6) is 0. The summed E-state index contributed by atoms with van der Waals surface area (Å²) < 4.78 is 36.1. The molecule has 0 rings (SSSR count). The molecule has 160 valence electrons. The Labute approximate surface area is 167 Å². The molecule has 0 N–H and O–H groups in total. The molecule has 0 fully saturated rings. The molecule has 0 amide bonds. The first-order chi connectivity index (χ1) is 12.1. The third kappa shape index (κ3) is 20.9. The van der Waals surface area contributed by atoms with Crippen molar-refractivity contribution >= 4 is 10.4 Å². The Morgan fingerprint density at radius 2 is 0.963 bits per heavy atom. The highest BCUT2D eigenvalue weighted by Crippen LogP contribution is 2.10. The topological polar surface area (TPSA) is 80.3 Å². The number of hydrogen-bond acceptors (Lipinski definition) is 4. The van der Waals surface area contributed by atoms with Gasteiger partial charge in [-0.3, -0.25) is 8.42 Å². The quantitative estimate of drug-likeness (QED) is 0.242. The third-order valence-electron chi connectivity index (χ3n) is 4.60.